The number of carbonyl (C=O) groups is 15. The number of aliphatic carboxylic acids is 1. The van der Waals surface area contributed by atoms with Crippen LogP contribution in [0.5, 0.6) is 5.75 Å². The molecule has 4 aliphatic heterocycles. The van der Waals surface area contributed by atoms with Gasteiger partial charge in [-0.15, -0.1) is 0 Å². The van der Waals surface area contributed by atoms with Crippen molar-refractivity contribution in [2.24, 2.45) is 29.2 Å². The van der Waals surface area contributed by atoms with Crippen LogP contribution in [0.3, 0.4) is 0 Å². The second-order valence-electron chi connectivity index (χ2n) is 22.0. The first-order valence-corrected chi connectivity index (χ1v) is 36.1. The first-order chi connectivity index (χ1) is 42.1. The molecule has 0 spiro atoms. The molecule has 4 heterocycles. The second-order valence-corrected chi connectivity index (χ2v) is 29.6. The lowest BCUT2D eigenvalue weighted by atomic mass is 9.89. The Morgan fingerprint density at radius 2 is 1.20 bits per heavy atom. The highest BCUT2D eigenvalue weighted by molar-refractivity contribution is 8.77. The largest absolute Gasteiger partial charge is 0.508 e. The second kappa shape index (κ2) is 36.2. The van der Waals surface area contributed by atoms with Gasteiger partial charge >= 0.3 is 5.97 Å². The molecular formula is C55H76N10O18S6. The van der Waals surface area contributed by atoms with Gasteiger partial charge in [-0.25, -0.2) is 0 Å². The summed E-state index contributed by atoms with van der Waals surface area (Å²) in [6, 6.07) is -7.85. The first-order valence-electron chi connectivity index (χ1n) is 28.6. The molecule has 13 atom stereocenters. The third-order valence-corrected chi connectivity index (χ3v) is 22.3. The number of carboxylic acid groups (broad SMARTS) is 1. The van der Waals surface area contributed by atoms with Crippen molar-refractivity contribution in [1.82, 2.24) is 42.1 Å². The molecule has 490 valence electrons. The Morgan fingerprint density at radius 1 is 0.640 bits per heavy atom. The number of nitrogens with zero attached hydrogens (tertiary/aromatic N) is 1. The SMILES string of the molecule is CC(=O)[C@@H]1CSSC[C@@H]2NC(=O)[C@H](Cc3ccc(O)cc3)CC(=O)[C@H](CCC(=O)O)NC(=O)[C@@H]3CSSC[C@H](CC(=O)[C@H](C)NC(=O)[C@@H]4CCCN4C(=O)[C@H](CC(N)=O)NC(=O)[C@H](CSSC[C@H](N)C(=O)C3)NC2=O)C(=O)N[C@@H]([C@H](C)O)C(=O)CCC(=O)N1. The number of primary amides is 1. The van der Waals surface area contributed by atoms with Crippen LogP contribution < -0.4 is 48.7 Å². The number of benzene rings is 1. The van der Waals surface area contributed by atoms with Crippen LogP contribution in [0.2, 0.25) is 0 Å². The predicted molar refractivity (Wildman–Crippen MR) is 335 cm³/mol. The number of nitrogens with one attached hydrogen (secondary N) is 7. The van der Waals surface area contributed by atoms with Crippen molar-refractivity contribution in [2.75, 3.05) is 41.1 Å². The van der Waals surface area contributed by atoms with Crippen LogP contribution >= 0.6 is 64.8 Å². The van der Waals surface area contributed by atoms with Gasteiger partial charge in [-0.2, -0.15) is 0 Å². The van der Waals surface area contributed by atoms with Crippen molar-refractivity contribution in [1.29, 1.82) is 0 Å². The van der Waals surface area contributed by atoms with E-state index in [0.717, 1.165) is 69.7 Å². The number of aliphatic hydroxyl groups excluding tert-OH is 1. The number of carboxylic acids is 1. The monoisotopic (exact) mass is 1360 g/mol. The summed E-state index contributed by atoms with van der Waals surface area (Å²) >= 11 is 0. The Labute approximate surface area is 536 Å². The molecule has 5 rings (SSSR count). The Bertz CT molecular complexity index is 2820. The maximum atomic E-state index is 14.9. The number of phenols is 1. The number of nitrogens with two attached hydrogens (primary N) is 2. The van der Waals surface area contributed by atoms with Gasteiger partial charge in [0.15, 0.2) is 28.9 Å². The van der Waals surface area contributed by atoms with Crippen LogP contribution in [-0.2, 0) is 78.3 Å². The molecule has 28 nitrogen and oxygen atoms in total. The summed E-state index contributed by atoms with van der Waals surface area (Å²) < 4.78 is 0. The zero-order valence-electron chi connectivity index (χ0n) is 49.1. The van der Waals surface area contributed by atoms with E-state index < -0.39 is 218 Å². The van der Waals surface area contributed by atoms with E-state index >= 15 is 0 Å². The number of fused-ring (bicyclic) bond motifs is 20. The van der Waals surface area contributed by atoms with E-state index in [1.807, 2.05) is 0 Å². The molecule has 4 fully saturated rings. The molecule has 1 aromatic rings. The van der Waals surface area contributed by atoms with Crippen molar-refractivity contribution in [3.05, 3.63) is 29.8 Å². The fourth-order valence-electron chi connectivity index (χ4n) is 9.68. The predicted octanol–water partition coefficient (Wildman–Crippen LogP) is -1.36. The minimum Gasteiger partial charge on any atom is -0.508 e. The third-order valence-electron chi connectivity index (χ3n) is 14.9. The van der Waals surface area contributed by atoms with Crippen LogP contribution in [0.25, 0.3) is 0 Å². The molecule has 9 amide bonds. The molecule has 4 bridgehead atoms. The van der Waals surface area contributed by atoms with E-state index in [0.29, 0.717) is 5.56 Å². The third kappa shape index (κ3) is 23.7. The normalized spacial score (nSPS) is 29.6. The van der Waals surface area contributed by atoms with E-state index in [1.165, 1.54) is 45.0 Å². The highest BCUT2D eigenvalue weighted by Crippen LogP contribution is 2.32. The van der Waals surface area contributed by atoms with Crippen molar-refractivity contribution in [3.63, 3.8) is 0 Å². The van der Waals surface area contributed by atoms with Gasteiger partial charge in [0.2, 0.25) is 53.2 Å². The van der Waals surface area contributed by atoms with E-state index in [4.69, 9.17) is 11.5 Å². The number of hydrogen-bond donors (Lipinski definition) is 12. The summed E-state index contributed by atoms with van der Waals surface area (Å²) in [4.78, 5) is 211. The van der Waals surface area contributed by atoms with Gasteiger partial charge in [0.05, 0.1) is 48.5 Å². The molecule has 89 heavy (non-hydrogen) atoms. The molecule has 14 N–H and O–H groups in total. The summed E-state index contributed by atoms with van der Waals surface area (Å²) in [5.41, 5.74) is 12.5. The quantitative estimate of drug-likeness (QED) is 0.127. The van der Waals surface area contributed by atoms with E-state index in [1.54, 1.807) is 0 Å². The van der Waals surface area contributed by atoms with Crippen molar-refractivity contribution >= 4 is 153 Å². The summed E-state index contributed by atoms with van der Waals surface area (Å²) in [5, 5.41) is 48.8. The number of ketones is 5. The number of hydrogen-bond acceptors (Lipinski definition) is 24. The van der Waals surface area contributed by atoms with Crippen molar-refractivity contribution in [2.45, 2.75) is 152 Å². The first kappa shape index (κ1) is 73.8. The highest BCUT2D eigenvalue weighted by atomic mass is 33.1. The minimum absolute atomic E-state index is 0.0599. The molecule has 0 aliphatic carbocycles. The number of aliphatic hydroxyl groups is 1. The highest BCUT2D eigenvalue weighted by Gasteiger charge is 2.42. The topological polar surface area (TPSA) is 456 Å². The Balaban J connectivity index is 1.75. The maximum Gasteiger partial charge on any atom is 0.303 e. The molecular weight excluding hydrogens is 1280 g/mol. The average molecular weight is 1360 g/mol. The van der Waals surface area contributed by atoms with Gasteiger partial charge in [-0.3, -0.25) is 71.9 Å². The van der Waals surface area contributed by atoms with Gasteiger partial charge in [0.25, 0.3) is 0 Å². The molecule has 0 radical (unpaired) electrons. The fraction of sp³-hybridized carbons (Fsp3) is 0.618. The van der Waals surface area contributed by atoms with Crippen molar-refractivity contribution in [3.8, 4) is 5.75 Å². The van der Waals surface area contributed by atoms with Gasteiger partial charge < -0.3 is 68.9 Å². The zero-order chi connectivity index (χ0) is 65.6. The van der Waals surface area contributed by atoms with Gasteiger partial charge in [-0.1, -0.05) is 76.9 Å². The maximum absolute atomic E-state index is 14.9. The molecule has 0 unspecified atom stereocenters. The molecule has 4 aliphatic rings. The van der Waals surface area contributed by atoms with Crippen molar-refractivity contribution < 1.29 is 87.2 Å². The summed E-state index contributed by atoms with van der Waals surface area (Å²) in [5.74, 6) is -19.2. The molecule has 0 aromatic heterocycles. The average Bonchev–Trinajstić information content (AvgIpc) is 4.09. The van der Waals surface area contributed by atoms with Gasteiger partial charge in [-0.05, 0) is 64.2 Å². The fourth-order valence-corrected chi connectivity index (χ4v) is 17.0. The summed E-state index contributed by atoms with van der Waals surface area (Å²) in [6.07, 6.45) is -6.45. The lowest BCUT2D eigenvalue weighted by molar-refractivity contribution is -0.143. The van der Waals surface area contributed by atoms with Crippen LogP contribution in [0.4, 0.5) is 0 Å². The summed E-state index contributed by atoms with van der Waals surface area (Å²) in [7, 11) is 5.68. The van der Waals surface area contributed by atoms with Gasteiger partial charge in [0, 0.05) is 85.5 Å². The zero-order valence-corrected chi connectivity index (χ0v) is 54.0. The Kier molecular flexibility index (Phi) is 30.0. The van der Waals surface area contributed by atoms with Crippen LogP contribution in [-0.4, -0.2) is 210 Å². The van der Waals surface area contributed by atoms with E-state index in [2.05, 4.69) is 37.2 Å². The standard InChI is InChI=1S/C55H76N10O18S6/c1-26-42(70)17-31-20-84-85-21-32-18-43(71)34(56)22-86-88-25-39(52(80)61-36(19-45(57)73)55(83)65-14-4-5-40(65)54(82)58-26)63-53(81)38(24-89-87-23-37(27(2)66)59-46(74)12-11-41(69)48(28(3)67)64-51(31)79)62-49(77)30(15-29-6-8-33(68)9-7-29)16-44(72)35(60-50(32)78)10-13-47(75)76/h6-9,26,28,30-32,34-40,48,67-68H,4-5,10-25,56H2,1-3H3,(H2,57,73)(H,58,82)(H,59,74)(H,60,78)(H,61,80)(H,62,77)(H,63,81)(H,64,79)(H,75,76)/t26-,28-,30+,31-,32-,34-,35-,36-,37-,38-,39-,40-,48-/m0/s1. The number of amides is 9. The minimum atomic E-state index is -1.76. The molecule has 1 aromatic carbocycles. The molecule has 34 heteroatoms. The Morgan fingerprint density at radius 3 is 1.81 bits per heavy atom. The van der Waals surface area contributed by atoms with Crippen LogP contribution in [0.15, 0.2) is 24.3 Å². The number of phenolic OH excluding ortho intramolecular Hbond substituents is 1. The Hall–Kier alpha value is -5.91. The van der Waals surface area contributed by atoms with E-state index in [9.17, 15) is 87.2 Å². The van der Waals surface area contributed by atoms with Crippen LogP contribution in [0.1, 0.15) is 90.5 Å². The lowest BCUT2D eigenvalue weighted by Crippen LogP contribution is -2.60. The number of carbonyl (C=O) groups excluding carboxylic acids is 14. The molecule has 0 saturated carbocycles. The van der Waals surface area contributed by atoms with E-state index in [-0.39, 0.29) is 66.1 Å². The van der Waals surface area contributed by atoms with Crippen LogP contribution in [0, 0.1) is 17.8 Å². The summed E-state index contributed by atoms with van der Waals surface area (Å²) in [6.45, 7) is 3.65. The lowest BCUT2D eigenvalue weighted by Gasteiger charge is -2.30. The molecule has 4 saturated heterocycles. The van der Waals surface area contributed by atoms with Gasteiger partial charge in [0.1, 0.15) is 36.0 Å². The number of rotatable bonds is 9. The smallest absolute Gasteiger partial charge is 0.303 e. The number of Topliss-reactive ketones (excluding diaryl/α,β-unsaturated/α-hetero) is 5. The number of aromatic hydroxyl groups is 1.